The maximum Gasteiger partial charge on any atom is 0.326 e. The summed E-state index contributed by atoms with van der Waals surface area (Å²) in [4.78, 5) is 26.8. The highest BCUT2D eigenvalue weighted by Gasteiger charge is 2.60. The number of rotatable bonds is 1. The maximum absolute atomic E-state index is 12.3. The van der Waals surface area contributed by atoms with Crippen LogP contribution in [-0.4, -0.2) is 42.4 Å². The molecule has 0 bridgehead atoms. The van der Waals surface area contributed by atoms with Gasteiger partial charge in [-0.15, -0.1) is 0 Å². The van der Waals surface area contributed by atoms with Crippen LogP contribution in [0.2, 0.25) is 0 Å². The molecule has 3 fully saturated rings. The molecule has 106 valence electrons. The van der Waals surface area contributed by atoms with Crippen LogP contribution < -0.4 is 0 Å². The SMILES string of the molecule is COC(=O)[C@]12CCCN1CC1CC(=O)C(C)(C)[C@@H]1C2. The standard InChI is InChI=1S/C15H23NO3/c1-14(2)11-8-15(13(18)19-3)5-4-6-16(15)9-10(11)7-12(14)17/h10-11H,4-9H2,1-3H3/t10?,11-,15-/m1/s1. The summed E-state index contributed by atoms with van der Waals surface area (Å²) in [6, 6.07) is 0. The predicted molar refractivity (Wildman–Crippen MR) is 70.6 cm³/mol. The Labute approximate surface area is 114 Å². The lowest BCUT2D eigenvalue weighted by atomic mass is 9.68. The molecule has 0 spiro atoms. The number of nitrogens with zero attached hydrogens (tertiary/aromatic N) is 1. The zero-order valence-corrected chi connectivity index (χ0v) is 12.1. The fraction of sp³-hybridized carbons (Fsp3) is 0.867. The zero-order valence-electron chi connectivity index (χ0n) is 12.1. The number of hydrogen-bond acceptors (Lipinski definition) is 4. The lowest BCUT2D eigenvalue weighted by Crippen LogP contribution is -2.58. The van der Waals surface area contributed by atoms with Gasteiger partial charge in [-0.25, -0.2) is 0 Å². The third-order valence-electron chi connectivity index (χ3n) is 5.86. The number of hydrogen-bond donors (Lipinski definition) is 0. The van der Waals surface area contributed by atoms with Gasteiger partial charge in [-0.3, -0.25) is 14.5 Å². The molecule has 0 aromatic carbocycles. The Bertz CT molecular complexity index is 431. The van der Waals surface area contributed by atoms with E-state index in [9.17, 15) is 9.59 Å². The van der Waals surface area contributed by atoms with Crippen LogP contribution in [0.5, 0.6) is 0 Å². The van der Waals surface area contributed by atoms with E-state index in [0.717, 1.165) is 32.4 Å². The fourth-order valence-electron chi connectivity index (χ4n) is 4.64. The summed E-state index contributed by atoms with van der Waals surface area (Å²) in [6.45, 7) is 5.95. The Hall–Kier alpha value is -0.900. The molecule has 3 aliphatic rings. The van der Waals surface area contributed by atoms with E-state index in [4.69, 9.17) is 4.74 Å². The largest absolute Gasteiger partial charge is 0.468 e. The number of methoxy groups -OCH3 is 1. The van der Waals surface area contributed by atoms with Crippen molar-refractivity contribution in [1.82, 2.24) is 4.90 Å². The van der Waals surface area contributed by atoms with Crippen molar-refractivity contribution in [2.24, 2.45) is 17.3 Å². The van der Waals surface area contributed by atoms with Crippen molar-refractivity contribution in [2.45, 2.75) is 45.1 Å². The molecule has 4 heteroatoms. The lowest BCUT2D eigenvalue weighted by Gasteiger charge is -2.47. The van der Waals surface area contributed by atoms with Crippen molar-refractivity contribution in [3.63, 3.8) is 0 Å². The smallest absolute Gasteiger partial charge is 0.326 e. The molecule has 0 amide bonds. The molecule has 2 heterocycles. The van der Waals surface area contributed by atoms with Gasteiger partial charge in [0.25, 0.3) is 0 Å². The van der Waals surface area contributed by atoms with Gasteiger partial charge >= 0.3 is 5.97 Å². The molecule has 2 aliphatic heterocycles. The summed E-state index contributed by atoms with van der Waals surface area (Å²) < 4.78 is 5.07. The second-order valence-electron chi connectivity index (χ2n) is 6.99. The Kier molecular flexibility index (Phi) is 2.79. The summed E-state index contributed by atoms with van der Waals surface area (Å²) in [7, 11) is 1.48. The van der Waals surface area contributed by atoms with Crippen molar-refractivity contribution in [3.8, 4) is 0 Å². The minimum atomic E-state index is -0.447. The molecule has 1 unspecified atom stereocenters. The zero-order chi connectivity index (χ0) is 13.8. The van der Waals surface area contributed by atoms with Gasteiger partial charge in [0.2, 0.25) is 0 Å². The van der Waals surface area contributed by atoms with Crippen molar-refractivity contribution >= 4 is 11.8 Å². The van der Waals surface area contributed by atoms with Gasteiger partial charge in [-0.2, -0.15) is 0 Å². The number of carbonyl (C=O) groups is 2. The number of esters is 1. The molecule has 3 rings (SSSR count). The van der Waals surface area contributed by atoms with E-state index in [1.807, 2.05) is 0 Å². The molecule has 19 heavy (non-hydrogen) atoms. The first-order valence-corrected chi connectivity index (χ1v) is 7.28. The van der Waals surface area contributed by atoms with Crippen LogP contribution in [-0.2, 0) is 14.3 Å². The minimum Gasteiger partial charge on any atom is -0.468 e. The summed E-state index contributed by atoms with van der Waals surface area (Å²) in [6.07, 6.45) is 3.42. The fourth-order valence-corrected chi connectivity index (χ4v) is 4.64. The molecule has 0 aromatic rings. The van der Waals surface area contributed by atoms with E-state index in [2.05, 4.69) is 18.7 Å². The Morgan fingerprint density at radius 1 is 1.42 bits per heavy atom. The van der Waals surface area contributed by atoms with Crippen LogP contribution in [0, 0.1) is 17.3 Å². The van der Waals surface area contributed by atoms with Crippen molar-refractivity contribution in [1.29, 1.82) is 0 Å². The number of carbonyl (C=O) groups excluding carboxylic acids is 2. The van der Waals surface area contributed by atoms with E-state index in [0.29, 0.717) is 24.0 Å². The molecule has 3 atom stereocenters. The topological polar surface area (TPSA) is 46.6 Å². The minimum absolute atomic E-state index is 0.0985. The molecule has 1 saturated carbocycles. The van der Waals surface area contributed by atoms with E-state index in [1.165, 1.54) is 7.11 Å². The molecule has 0 N–H and O–H groups in total. The van der Waals surface area contributed by atoms with Gasteiger partial charge in [0.1, 0.15) is 11.3 Å². The van der Waals surface area contributed by atoms with Crippen molar-refractivity contribution in [3.05, 3.63) is 0 Å². The number of ketones is 1. The van der Waals surface area contributed by atoms with Gasteiger partial charge in [0.05, 0.1) is 7.11 Å². The normalized spacial score (nSPS) is 40.9. The van der Waals surface area contributed by atoms with Crippen molar-refractivity contribution < 1.29 is 14.3 Å². The maximum atomic E-state index is 12.3. The van der Waals surface area contributed by atoms with Gasteiger partial charge < -0.3 is 4.74 Å². The van der Waals surface area contributed by atoms with Crippen LogP contribution in [0.3, 0.4) is 0 Å². The first kappa shape index (κ1) is 13.1. The van der Waals surface area contributed by atoms with Crippen LogP contribution >= 0.6 is 0 Å². The summed E-state index contributed by atoms with van der Waals surface area (Å²) in [5, 5.41) is 0. The quantitative estimate of drug-likeness (QED) is 0.676. The van der Waals surface area contributed by atoms with Gasteiger partial charge in [-0.1, -0.05) is 13.8 Å². The van der Waals surface area contributed by atoms with Crippen molar-refractivity contribution in [2.75, 3.05) is 20.2 Å². The molecule has 4 nitrogen and oxygen atoms in total. The second-order valence-corrected chi connectivity index (χ2v) is 6.99. The second kappa shape index (κ2) is 4.05. The van der Waals surface area contributed by atoms with Gasteiger partial charge in [0.15, 0.2) is 0 Å². The summed E-state index contributed by atoms with van der Waals surface area (Å²) in [5.74, 6) is 1.02. The molecule has 0 radical (unpaired) electrons. The first-order valence-electron chi connectivity index (χ1n) is 7.28. The van der Waals surface area contributed by atoms with E-state index < -0.39 is 5.54 Å². The molecular weight excluding hydrogens is 242 g/mol. The number of ether oxygens (including phenoxy) is 1. The van der Waals surface area contributed by atoms with Crippen LogP contribution in [0.1, 0.15) is 39.5 Å². The van der Waals surface area contributed by atoms with Crippen LogP contribution in [0.15, 0.2) is 0 Å². The third-order valence-corrected chi connectivity index (χ3v) is 5.86. The van der Waals surface area contributed by atoms with Crippen LogP contribution in [0.25, 0.3) is 0 Å². The number of piperidine rings is 1. The Morgan fingerprint density at radius 3 is 2.84 bits per heavy atom. The predicted octanol–water partition coefficient (Wildman–Crippen LogP) is 1.63. The summed E-state index contributed by atoms with van der Waals surface area (Å²) >= 11 is 0. The average Bonchev–Trinajstić information content (AvgIpc) is 2.88. The lowest BCUT2D eigenvalue weighted by molar-refractivity contribution is -0.159. The van der Waals surface area contributed by atoms with Gasteiger partial charge in [0, 0.05) is 18.4 Å². The summed E-state index contributed by atoms with van der Waals surface area (Å²) in [5.41, 5.74) is -0.724. The van der Waals surface area contributed by atoms with E-state index in [-0.39, 0.29) is 11.4 Å². The van der Waals surface area contributed by atoms with Crippen LogP contribution in [0.4, 0.5) is 0 Å². The number of Topliss-reactive ketones (excluding diaryl/α,β-unsaturated/α-hetero) is 1. The average molecular weight is 265 g/mol. The van der Waals surface area contributed by atoms with E-state index >= 15 is 0 Å². The Morgan fingerprint density at radius 2 is 2.16 bits per heavy atom. The highest BCUT2D eigenvalue weighted by Crippen LogP contribution is 2.54. The monoisotopic (exact) mass is 265 g/mol. The van der Waals surface area contributed by atoms with Gasteiger partial charge in [-0.05, 0) is 37.6 Å². The molecule has 1 aliphatic carbocycles. The van der Waals surface area contributed by atoms with E-state index in [1.54, 1.807) is 0 Å². The third kappa shape index (κ3) is 1.62. The highest BCUT2D eigenvalue weighted by atomic mass is 16.5. The Balaban J connectivity index is 1.95. The highest BCUT2D eigenvalue weighted by molar-refractivity contribution is 5.88. The number of fused-ring (bicyclic) bond motifs is 2. The first-order chi connectivity index (χ1) is 8.91. The molecular formula is C15H23NO3. The molecule has 2 saturated heterocycles. The molecule has 0 aromatic heterocycles.